The minimum absolute atomic E-state index is 0.112. The molecule has 3 rings (SSSR count). The Kier molecular flexibility index (Phi) is 6.59. The highest BCUT2D eigenvalue weighted by Gasteiger charge is 2.28. The fourth-order valence-corrected chi connectivity index (χ4v) is 3.88. The van der Waals surface area contributed by atoms with Crippen molar-refractivity contribution >= 4 is 12.0 Å². The molecule has 3 heterocycles. The second-order valence-electron chi connectivity index (χ2n) is 7.05. The number of piperazine rings is 1. The van der Waals surface area contributed by atoms with Crippen LogP contribution < -0.4 is 0 Å². The van der Waals surface area contributed by atoms with Crippen LogP contribution in [0, 0.1) is 0 Å². The van der Waals surface area contributed by atoms with Crippen LogP contribution in [0.1, 0.15) is 31.7 Å². The van der Waals surface area contributed by atoms with Crippen LogP contribution in [-0.2, 0) is 4.79 Å². The Morgan fingerprint density at radius 2 is 1.96 bits per heavy atom. The fraction of sp³-hybridized carbons (Fsp3) is 0.600. The maximum absolute atomic E-state index is 12.4. The summed E-state index contributed by atoms with van der Waals surface area (Å²) in [6, 6.07) is 4.55. The predicted octanol–water partition coefficient (Wildman–Crippen LogP) is 2.11. The van der Waals surface area contributed by atoms with Crippen molar-refractivity contribution in [2.45, 2.75) is 32.2 Å². The van der Waals surface area contributed by atoms with Crippen molar-refractivity contribution in [3.8, 4) is 0 Å². The van der Waals surface area contributed by atoms with Gasteiger partial charge in [0.15, 0.2) is 0 Å². The van der Waals surface area contributed by atoms with E-state index in [-0.39, 0.29) is 5.91 Å². The number of hydrogen-bond acceptors (Lipinski definition) is 4. The summed E-state index contributed by atoms with van der Waals surface area (Å²) in [5, 5.41) is 0. The fourth-order valence-electron chi connectivity index (χ4n) is 3.88. The van der Waals surface area contributed by atoms with Gasteiger partial charge in [-0.15, -0.1) is 0 Å². The molecular formula is C20H30N4O. The molecule has 0 atom stereocenters. The van der Waals surface area contributed by atoms with Gasteiger partial charge in [-0.1, -0.05) is 13.0 Å². The van der Waals surface area contributed by atoms with Crippen LogP contribution in [-0.4, -0.2) is 77.4 Å². The number of piperidine rings is 1. The summed E-state index contributed by atoms with van der Waals surface area (Å²) in [5.74, 6) is 0.112. The Morgan fingerprint density at radius 1 is 1.20 bits per heavy atom. The molecule has 0 aromatic carbocycles. The molecule has 5 heteroatoms. The number of aromatic nitrogens is 1. The van der Waals surface area contributed by atoms with E-state index >= 15 is 0 Å². The van der Waals surface area contributed by atoms with E-state index < -0.39 is 0 Å². The summed E-state index contributed by atoms with van der Waals surface area (Å²) in [7, 11) is 0. The maximum Gasteiger partial charge on any atom is 0.246 e. The summed E-state index contributed by atoms with van der Waals surface area (Å²) < 4.78 is 0. The van der Waals surface area contributed by atoms with E-state index in [1.54, 1.807) is 18.5 Å². The van der Waals surface area contributed by atoms with Gasteiger partial charge in [0.1, 0.15) is 0 Å². The lowest BCUT2D eigenvalue weighted by Crippen LogP contribution is -2.54. The first-order valence-corrected chi connectivity index (χ1v) is 9.59. The first-order chi connectivity index (χ1) is 12.3. The molecule has 1 aromatic rings. The third-order valence-corrected chi connectivity index (χ3v) is 5.34. The number of hydrogen-bond donors (Lipinski definition) is 0. The van der Waals surface area contributed by atoms with Crippen LogP contribution in [0.4, 0.5) is 0 Å². The minimum Gasteiger partial charge on any atom is -0.337 e. The molecule has 0 saturated carbocycles. The highest BCUT2D eigenvalue weighted by atomic mass is 16.2. The molecule has 2 fully saturated rings. The molecule has 2 aliphatic heterocycles. The molecule has 0 unspecified atom stereocenters. The molecule has 1 amide bonds. The van der Waals surface area contributed by atoms with Crippen molar-refractivity contribution in [3.63, 3.8) is 0 Å². The molecule has 0 aliphatic carbocycles. The smallest absolute Gasteiger partial charge is 0.246 e. The first kappa shape index (κ1) is 18.1. The van der Waals surface area contributed by atoms with Crippen LogP contribution in [0.5, 0.6) is 0 Å². The Hall–Kier alpha value is -1.72. The lowest BCUT2D eigenvalue weighted by Gasteiger charge is -2.42. The number of pyridine rings is 1. The molecular weight excluding hydrogens is 312 g/mol. The van der Waals surface area contributed by atoms with Crippen molar-refractivity contribution in [3.05, 3.63) is 36.2 Å². The van der Waals surface area contributed by atoms with Crippen molar-refractivity contribution < 1.29 is 4.79 Å². The van der Waals surface area contributed by atoms with E-state index in [0.717, 1.165) is 31.7 Å². The third kappa shape index (κ3) is 5.13. The van der Waals surface area contributed by atoms with Crippen molar-refractivity contribution in [2.24, 2.45) is 0 Å². The summed E-state index contributed by atoms with van der Waals surface area (Å²) >= 11 is 0. The number of amides is 1. The van der Waals surface area contributed by atoms with E-state index in [0.29, 0.717) is 6.04 Å². The zero-order chi connectivity index (χ0) is 17.5. The summed E-state index contributed by atoms with van der Waals surface area (Å²) in [6.07, 6.45) is 10.8. The Morgan fingerprint density at radius 3 is 2.60 bits per heavy atom. The third-order valence-electron chi connectivity index (χ3n) is 5.34. The van der Waals surface area contributed by atoms with Crippen LogP contribution in [0.3, 0.4) is 0 Å². The normalized spacial score (nSPS) is 21.1. The lowest BCUT2D eigenvalue weighted by atomic mass is 10.0. The SMILES string of the molecule is CCCN1CCC(N2CCN(C(=O)/C=C/c3cccnc3)CC2)CC1. The first-order valence-electron chi connectivity index (χ1n) is 9.59. The number of nitrogens with zero attached hydrogens (tertiary/aromatic N) is 4. The highest BCUT2D eigenvalue weighted by Crippen LogP contribution is 2.18. The minimum atomic E-state index is 0.112. The Labute approximate surface area is 151 Å². The quantitative estimate of drug-likeness (QED) is 0.769. The molecule has 25 heavy (non-hydrogen) atoms. The van der Waals surface area contributed by atoms with Crippen LogP contribution >= 0.6 is 0 Å². The van der Waals surface area contributed by atoms with Gasteiger partial charge in [0.25, 0.3) is 0 Å². The molecule has 0 N–H and O–H groups in total. The second-order valence-corrected chi connectivity index (χ2v) is 7.05. The van der Waals surface area contributed by atoms with Crippen LogP contribution in [0.15, 0.2) is 30.6 Å². The molecule has 0 bridgehead atoms. The van der Waals surface area contributed by atoms with Gasteiger partial charge in [0, 0.05) is 50.7 Å². The van der Waals surface area contributed by atoms with Crippen molar-refractivity contribution in [2.75, 3.05) is 45.8 Å². The lowest BCUT2D eigenvalue weighted by molar-refractivity contribution is -0.128. The van der Waals surface area contributed by atoms with Crippen molar-refractivity contribution in [1.82, 2.24) is 19.7 Å². The topological polar surface area (TPSA) is 39.7 Å². The van der Waals surface area contributed by atoms with E-state index in [9.17, 15) is 4.79 Å². The average Bonchev–Trinajstić information content (AvgIpc) is 2.68. The van der Waals surface area contributed by atoms with E-state index in [2.05, 4.69) is 21.7 Å². The molecule has 0 spiro atoms. The number of carbonyl (C=O) groups is 1. The van der Waals surface area contributed by atoms with Gasteiger partial charge in [-0.3, -0.25) is 14.7 Å². The van der Waals surface area contributed by atoms with Gasteiger partial charge >= 0.3 is 0 Å². The van der Waals surface area contributed by atoms with Crippen molar-refractivity contribution in [1.29, 1.82) is 0 Å². The largest absolute Gasteiger partial charge is 0.337 e. The van der Waals surface area contributed by atoms with E-state index in [1.165, 1.54) is 38.9 Å². The van der Waals surface area contributed by atoms with Gasteiger partial charge in [-0.25, -0.2) is 0 Å². The van der Waals surface area contributed by atoms with Crippen LogP contribution in [0.25, 0.3) is 6.08 Å². The number of likely N-dealkylation sites (tertiary alicyclic amines) is 1. The summed E-state index contributed by atoms with van der Waals surface area (Å²) in [6.45, 7) is 9.63. The van der Waals surface area contributed by atoms with Gasteiger partial charge in [0.05, 0.1) is 0 Å². The summed E-state index contributed by atoms with van der Waals surface area (Å²) in [5.41, 5.74) is 0.966. The molecule has 0 radical (unpaired) electrons. The molecule has 2 saturated heterocycles. The number of carbonyl (C=O) groups excluding carboxylic acids is 1. The Balaban J connectivity index is 1.43. The van der Waals surface area contributed by atoms with E-state index in [1.807, 2.05) is 23.1 Å². The van der Waals surface area contributed by atoms with Gasteiger partial charge in [-0.05, 0) is 56.6 Å². The second kappa shape index (κ2) is 9.11. The summed E-state index contributed by atoms with van der Waals surface area (Å²) in [4.78, 5) is 23.6. The van der Waals surface area contributed by atoms with Gasteiger partial charge in [-0.2, -0.15) is 0 Å². The Bertz CT molecular complexity index is 558. The van der Waals surface area contributed by atoms with E-state index in [4.69, 9.17) is 0 Å². The van der Waals surface area contributed by atoms with Gasteiger partial charge in [0.2, 0.25) is 5.91 Å². The molecule has 136 valence electrons. The maximum atomic E-state index is 12.4. The average molecular weight is 342 g/mol. The molecule has 1 aromatic heterocycles. The molecule has 2 aliphatic rings. The number of rotatable bonds is 5. The molecule has 5 nitrogen and oxygen atoms in total. The standard InChI is InChI=1S/C20H30N4O/c1-2-10-22-11-7-19(8-12-22)23-13-15-24(16-14-23)20(25)6-5-18-4-3-9-21-17-18/h3-6,9,17,19H,2,7-8,10-16H2,1H3/b6-5+. The zero-order valence-corrected chi connectivity index (χ0v) is 15.3. The zero-order valence-electron chi connectivity index (χ0n) is 15.3. The van der Waals surface area contributed by atoms with Gasteiger partial charge < -0.3 is 9.80 Å². The predicted molar refractivity (Wildman–Crippen MR) is 101 cm³/mol. The van der Waals surface area contributed by atoms with Crippen LogP contribution in [0.2, 0.25) is 0 Å². The monoisotopic (exact) mass is 342 g/mol. The highest BCUT2D eigenvalue weighted by molar-refractivity contribution is 5.91.